The van der Waals surface area contributed by atoms with Gasteiger partial charge in [0.2, 0.25) is 5.91 Å². The van der Waals surface area contributed by atoms with Gasteiger partial charge in [0.15, 0.2) is 0 Å². The van der Waals surface area contributed by atoms with Gasteiger partial charge >= 0.3 is 6.03 Å². The molecule has 1 aliphatic heterocycles. The number of nitrogens with one attached hydrogen (secondary N) is 2. The number of likely N-dealkylation sites (tertiary alicyclic amines) is 1. The molecule has 1 aromatic carbocycles. The summed E-state index contributed by atoms with van der Waals surface area (Å²) in [6, 6.07) is 7.77. The van der Waals surface area contributed by atoms with Gasteiger partial charge in [-0.1, -0.05) is 48.0 Å². The molecule has 1 aliphatic rings. The monoisotopic (exact) mass is 423 g/mol. The van der Waals surface area contributed by atoms with Crippen LogP contribution in [0.2, 0.25) is 0 Å². The summed E-state index contributed by atoms with van der Waals surface area (Å²) >= 11 is 3.52. The third-order valence-electron chi connectivity index (χ3n) is 5.20. The standard InChI is InChI=1S/C20H30BrN3O2/c1-4-15(5-2)19(25)24-12-10-16(11-13-24)23-20(26)22-14(3)17-8-6-7-9-18(17)21/h6-9,14-16H,4-5,10-13H2,1-3H3,(H2,22,23,26). The molecule has 6 heteroatoms. The van der Waals surface area contributed by atoms with Crippen LogP contribution in [0.5, 0.6) is 0 Å². The fourth-order valence-corrected chi connectivity index (χ4v) is 4.10. The van der Waals surface area contributed by atoms with Gasteiger partial charge in [0.1, 0.15) is 0 Å². The Morgan fingerprint density at radius 1 is 1.19 bits per heavy atom. The van der Waals surface area contributed by atoms with Crippen LogP contribution in [0.15, 0.2) is 28.7 Å². The van der Waals surface area contributed by atoms with E-state index in [4.69, 9.17) is 0 Å². The molecule has 5 nitrogen and oxygen atoms in total. The normalized spacial score (nSPS) is 16.4. The first kappa shape index (κ1) is 20.7. The highest BCUT2D eigenvalue weighted by Crippen LogP contribution is 2.23. The maximum absolute atomic E-state index is 12.4. The Hall–Kier alpha value is -1.56. The Morgan fingerprint density at radius 3 is 2.38 bits per heavy atom. The van der Waals surface area contributed by atoms with Gasteiger partial charge < -0.3 is 15.5 Å². The van der Waals surface area contributed by atoms with Crippen LogP contribution in [-0.2, 0) is 4.79 Å². The number of carbonyl (C=O) groups excluding carboxylic acids is 2. The number of carbonyl (C=O) groups is 2. The van der Waals surface area contributed by atoms with E-state index in [9.17, 15) is 9.59 Å². The third kappa shape index (κ3) is 5.47. The van der Waals surface area contributed by atoms with Gasteiger partial charge in [0.05, 0.1) is 6.04 Å². The average molecular weight is 424 g/mol. The number of halogens is 1. The Kier molecular flexibility index (Phi) is 7.94. The minimum atomic E-state index is -0.155. The van der Waals surface area contributed by atoms with Crippen molar-refractivity contribution in [2.24, 2.45) is 5.92 Å². The molecule has 26 heavy (non-hydrogen) atoms. The van der Waals surface area contributed by atoms with Gasteiger partial charge in [0, 0.05) is 29.5 Å². The van der Waals surface area contributed by atoms with Gasteiger partial charge in [-0.05, 0) is 44.2 Å². The molecule has 0 spiro atoms. The van der Waals surface area contributed by atoms with Crippen molar-refractivity contribution >= 4 is 27.9 Å². The summed E-state index contributed by atoms with van der Waals surface area (Å²) in [5, 5.41) is 6.05. The number of hydrogen-bond acceptors (Lipinski definition) is 2. The van der Waals surface area contributed by atoms with Crippen LogP contribution in [0.1, 0.15) is 58.1 Å². The topological polar surface area (TPSA) is 61.4 Å². The van der Waals surface area contributed by atoms with Crippen LogP contribution in [0.4, 0.5) is 4.79 Å². The van der Waals surface area contributed by atoms with E-state index in [-0.39, 0.29) is 29.9 Å². The molecule has 1 heterocycles. The zero-order chi connectivity index (χ0) is 19.1. The predicted molar refractivity (Wildman–Crippen MR) is 108 cm³/mol. The van der Waals surface area contributed by atoms with Crippen LogP contribution < -0.4 is 10.6 Å². The highest BCUT2D eigenvalue weighted by Gasteiger charge is 2.27. The Balaban J connectivity index is 1.79. The van der Waals surface area contributed by atoms with Crippen molar-refractivity contribution in [3.63, 3.8) is 0 Å². The fraction of sp³-hybridized carbons (Fsp3) is 0.600. The predicted octanol–water partition coefficient (Wildman–Crippen LogP) is 4.24. The Bertz CT molecular complexity index is 611. The maximum atomic E-state index is 12.4. The molecule has 144 valence electrons. The summed E-state index contributed by atoms with van der Waals surface area (Å²) in [5.41, 5.74) is 1.05. The number of amides is 3. The molecular formula is C20H30BrN3O2. The van der Waals surface area contributed by atoms with Crippen LogP contribution >= 0.6 is 15.9 Å². The van der Waals surface area contributed by atoms with Crippen LogP contribution in [-0.4, -0.2) is 36.0 Å². The summed E-state index contributed by atoms with van der Waals surface area (Å²) in [7, 11) is 0. The van der Waals surface area contributed by atoms with Crippen molar-refractivity contribution < 1.29 is 9.59 Å². The average Bonchev–Trinajstić information content (AvgIpc) is 2.63. The van der Waals surface area contributed by atoms with E-state index in [0.717, 1.165) is 48.8 Å². The van der Waals surface area contributed by atoms with Crippen LogP contribution in [0, 0.1) is 5.92 Å². The first-order chi connectivity index (χ1) is 12.5. The van der Waals surface area contributed by atoms with Gasteiger partial charge in [-0.15, -0.1) is 0 Å². The second-order valence-corrected chi connectivity index (χ2v) is 7.83. The van der Waals surface area contributed by atoms with Crippen molar-refractivity contribution in [2.75, 3.05) is 13.1 Å². The molecule has 3 amide bonds. The fourth-order valence-electron chi connectivity index (χ4n) is 3.47. The van der Waals surface area contributed by atoms with Crippen molar-refractivity contribution in [1.29, 1.82) is 0 Å². The lowest BCUT2D eigenvalue weighted by atomic mass is 9.98. The molecule has 0 saturated carbocycles. The quantitative estimate of drug-likeness (QED) is 0.718. The minimum Gasteiger partial charge on any atom is -0.342 e. The van der Waals surface area contributed by atoms with Crippen molar-refractivity contribution in [3.8, 4) is 0 Å². The first-order valence-corrected chi connectivity index (χ1v) is 10.4. The molecule has 1 fully saturated rings. The van der Waals surface area contributed by atoms with Gasteiger partial charge in [0.25, 0.3) is 0 Å². The third-order valence-corrected chi connectivity index (χ3v) is 5.92. The SMILES string of the molecule is CCC(CC)C(=O)N1CCC(NC(=O)NC(C)c2ccccc2Br)CC1. The maximum Gasteiger partial charge on any atom is 0.315 e. The smallest absolute Gasteiger partial charge is 0.315 e. The number of hydrogen-bond donors (Lipinski definition) is 2. The molecule has 2 rings (SSSR count). The van der Waals surface area contributed by atoms with E-state index < -0.39 is 0 Å². The van der Waals surface area contributed by atoms with E-state index >= 15 is 0 Å². The molecule has 1 atom stereocenters. The highest BCUT2D eigenvalue weighted by molar-refractivity contribution is 9.10. The van der Waals surface area contributed by atoms with Crippen LogP contribution in [0.25, 0.3) is 0 Å². The van der Waals surface area contributed by atoms with Crippen molar-refractivity contribution in [1.82, 2.24) is 15.5 Å². The number of piperidine rings is 1. The molecule has 0 radical (unpaired) electrons. The summed E-state index contributed by atoms with van der Waals surface area (Å²) < 4.78 is 0.987. The molecule has 0 aliphatic carbocycles. The summed E-state index contributed by atoms with van der Waals surface area (Å²) in [6.07, 6.45) is 3.40. The van der Waals surface area contributed by atoms with Gasteiger partial charge in [-0.3, -0.25) is 4.79 Å². The van der Waals surface area contributed by atoms with Crippen molar-refractivity contribution in [2.45, 2.75) is 58.5 Å². The summed E-state index contributed by atoms with van der Waals surface area (Å²) in [6.45, 7) is 7.55. The lowest BCUT2D eigenvalue weighted by molar-refractivity contribution is -0.136. The number of benzene rings is 1. The van der Waals surface area contributed by atoms with Gasteiger partial charge in [-0.2, -0.15) is 0 Å². The zero-order valence-electron chi connectivity index (χ0n) is 15.9. The zero-order valence-corrected chi connectivity index (χ0v) is 17.5. The molecule has 1 unspecified atom stereocenters. The summed E-state index contributed by atoms with van der Waals surface area (Å²) in [4.78, 5) is 26.7. The number of urea groups is 1. The molecule has 1 saturated heterocycles. The lowest BCUT2D eigenvalue weighted by Crippen LogP contribution is -2.50. The Labute approximate surface area is 165 Å². The van der Waals surface area contributed by atoms with Crippen LogP contribution in [0.3, 0.4) is 0 Å². The Morgan fingerprint density at radius 2 is 1.81 bits per heavy atom. The van der Waals surface area contributed by atoms with E-state index in [1.54, 1.807) is 0 Å². The summed E-state index contributed by atoms with van der Waals surface area (Å²) in [5.74, 6) is 0.397. The molecule has 2 N–H and O–H groups in total. The van der Waals surface area contributed by atoms with Gasteiger partial charge in [-0.25, -0.2) is 4.79 Å². The lowest BCUT2D eigenvalue weighted by Gasteiger charge is -2.34. The molecule has 1 aromatic rings. The van der Waals surface area contributed by atoms with E-state index in [1.807, 2.05) is 36.1 Å². The first-order valence-electron chi connectivity index (χ1n) is 9.56. The highest BCUT2D eigenvalue weighted by atomic mass is 79.9. The van der Waals surface area contributed by atoms with E-state index in [1.165, 1.54) is 0 Å². The minimum absolute atomic E-state index is 0.0814. The largest absolute Gasteiger partial charge is 0.342 e. The second kappa shape index (κ2) is 9.95. The number of rotatable bonds is 6. The molecular weight excluding hydrogens is 394 g/mol. The van der Waals surface area contributed by atoms with E-state index in [0.29, 0.717) is 0 Å². The van der Waals surface area contributed by atoms with Crippen molar-refractivity contribution in [3.05, 3.63) is 34.3 Å². The second-order valence-electron chi connectivity index (χ2n) is 6.97. The number of nitrogens with zero attached hydrogens (tertiary/aromatic N) is 1. The molecule has 0 bridgehead atoms. The van der Waals surface area contributed by atoms with E-state index in [2.05, 4.69) is 40.4 Å². The molecule has 0 aromatic heterocycles.